The molecule has 3 nitrogen and oxygen atoms in total. The molecule has 1 aromatic heterocycles. The summed E-state index contributed by atoms with van der Waals surface area (Å²) in [4.78, 5) is 5.56. The number of nitrogen functional groups attached to an aromatic ring is 1. The van der Waals surface area contributed by atoms with Crippen molar-refractivity contribution >= 4 is 17.0 Å². The van der Waals surface area contributed by atoms with Gasteiger partial charge in [0.25, 0.3) is 0 Å². The summed E-state index contributed by atoms with van der Waals surface area (Å²) in [5, 5.41) is 0.980. The fraction of sp³-hybridized carbons (Fsp3) is 0.118. The van der Waals surface area contributed by atoms with Crippen LogP contribution in [-0.2, 0) is 6.61 Å². The Bertz CT molecular complexity index is 738. The lowest BCUT2D eigenvalue weighted by atomic mass is 10.2. The van der Waals surface area contributed by atoms with Crippen LogP contribution in [0, 0.1) is 6.92 Å². The Balaban J connectivity index is 1.75. The molecular weight excluding hydrogens is 280 g/mol. The van der Waals surface area contributed by atoms with Gasteiger partial charge in [0.05, 0.1) is 5.69 Å². The van der Waals surface area contributed by atoms with Crippen molar-refractivity contribution in [1.29, 1.82) is 0 Å². The predicted molar refractivity (Wildman–Crippen MR) is 87.5 cm³/mol. The molecule has 3 aromatic rings. The van der Waals surface area contributed by atoms with Gasteiger partial charge < -0.3 is 10.5 Å². The van der Waals surface area contributed by atoms with Gasteiger partial charge in [-0.3, -0.25) is 0 Å². The molecule has 0 unspecified atom stereocenters. The van der Waals surface area contributed by atoms with E-state index in [4.69, 9.17) is 10.5 Å². The number of nitrogens with zero attached hydrogens (tertiary/aromatic N) is 1. The summed E-state index contributed by atoms with van der Waals surface area (Å²) in [6.07, 6.45) is 1.87. The average Bonchev–Trinajstić information content (AvgIpc) is 2.93. The number of benzene rings is 2. The predicted octanol–water partition coefficient (Wildman–Crippen LogP) is 4.28. The van der Waals surface area contributed by atoms with E-state index in [0.29, 0.717) is 18.0 Å². The SMILES string of the molecule is Cc1cnc(-c2ccc(OCc3ccccc3)c(N)c2)s1. The highest BCUT2D eigenvalue weighted by molar-refractivity contribution is 7.14. The van der Waals surface area contributed by atoms with Crippen LogP contribution in [0.4, 0.5) is 5.69 Å². The second-order valence-electron chi connectivity index (χ2n) is 4.80. The summed E-state index contributed by atoms with van der Waals surface area (Å²) >= 11 is 1.66. The molecule has 0 spiro atoms. The van der Waals surface area contributed by atoms with Gasteiger partial charge in [0, 0.05) is 16.6 Å². The lowest BCUT2D eigenvalue weighted by Gasteiger charge is -2.10. The van der Waals surface area contributed by atoms with Crippen LogP contribution >= 0.6 is 11.3 Å². The summed E-state index contributed by atoms with van der Waals surface area (Å²) in [6, 6.07) is 15.9. The highest BCUT2D eigenvalue weighted by Gasteiger charge is 2.07. The van der Waals surface area contributed by atoms with Crippen molar-refractivity contribution < 1.29 is 4.74 Å². The van der Waals surface area contributed by atoms with E-state index < -0.39 is 0 Å². The normalized spacial score (nSPS) is 10.5. The molecule has 4 heteroatoms. The van der Waals surface area contributed by atoms with E-state index in [1.807, 2.05) is 61.7 Å². The number of thiazole rings is 1. The molecule has 2 aromatic carbocycles. The van der Waals surface area contributed by atoms with Crippen LogP contribution < -0.4 is 10.5 Å². The zero-order chi connectivity index (χ0) is 14.7. The Morgan fingerprint density at radius 1 is 1.14 bits per heavy atom. The molecule has 0 aliphatic heterocycles. The number of nitrogens with two attached hydrogens (primary N) is 1. The number of ether oxygens (including phenoxy) is 1. The summed E-state index contributed by atoms with van der Waals surface area (Å²) in [6.45, 7) is 2.56. The molecule has 0 atom stereocenters. The fourth-order valence-electron chi connectivity index (χ4n) is 2.04. The van der Waals surface area contributed by atoms with Gasteiger partial charge in [-0.15, -0.1) is 11.3 Å². The number of anilines is 1. The van der Waals surface area contributed by atoms with Crippen molar-refractivity contribution in [2.24, 2.45) is 0 Å². The standard InChI is InChI=1S/C17H16N2OS/c1-12-10-19-17(21-12)14-7-8-16(15(18)9-14)20-11-13-5-3-2-4-6-13/h2-10H,11,18H2,1H3. The maximum Gasteiger partial charge on any atom is 0.142 e. The minimum atomic E-state index is 0.515. The number of aryl methyl sites for hydroxylation is 1. The van der Waals surface area contributed by atoms with Crippen molar-refractivity contribution in [2.75, 3.05) is 5.73 Å². The van der Waals surface area contributed by atoms with Crippen molar-refractivity contribution in [1.82, 2.24) is 4.98 Å². The van der Waals surface area contributed by atoms with Gasteiger partial charge in [0.1, 0.15) is 17.4 Å². The zero-order valence-electron chi connectivity index (χ0n) is 11.7. The molecule has 0 fully saturated rings. The van der Waals surface area contributed by atoms with Crippen molar-refractivity contribution in [3.05, 3.63) is 65.2 Å². The van der Waals surface area contributed by atoms with E-state index >= 15 is 0 Å². The largest absolute Gasteiger partial charge is 0.487 e. The lowest BCUT2D eigenvalue weighted by Crippen LogP contribution is -1.98. The van der Waals surface area contributed by atoms with Crippen LogP contribution in [0.5, 0.6) is 5.75 Å². The maximum absolute atomic E-state index is 6.08. The Kier molecular flexibility index (Phi) is 3.88. The quantitative estimate of drug-likeness (QED) is 0.731. The van der Waals surface area contributed by atoms with E-state index in [2.05, 4.69) is 4.98 Å². The van der Waals surface area contributed by atoms with Gasteiger partial charge in [-0.05, 0) is 30.7 Å². The van der Waals surface area contributed by atoms with Crippen molar-refractivity contribution in [3.63, 3.8) is 0 Å². The molecule has 1 heterocycles. The van der Waals surface area contributed by atoms with Crippen LogP contribution in [0.15, 0.2) is 54.7 Å². The molecular formula is C17H16N2OS. The van der Waals surface area contributed by atoms with Crippen molar-refractivity contribution in [2.45, 2.75) is 13.5 Å². The Labute approximate surface area is 128 Å². The number of aromatic nitrogens is 1. The molecule has 21 heavy (non-hydrogen) atoms. The van der Waals surface area contributed by atoms with Crippen LogP contribution in [0.1, 0.15) is 10.4 Å². The van der Waals surface area contributed by atoms with E-state index in [1.165, 1.54) is 4.88 Å². The molecule has 0 aliphatic carbocycles. The molecule has 0 amide bonds. The smallest absolute Gasteiger partial charge is 0.142 e. The average molecular weight is 296 g/mol. The Morgan fingerprint density at radius 2 is 1.95 bits per heavy atom. The third-order valence-electron chi connectivity index (χ3n) is 3.12. The monoisotopic (exact) mass is 296 g/mol. The third kappa shape index (κ3) is 3.23. The highest BCUT2D eigenvalue weighted by Crippen LogP contribution is 2.31. The molecule has 2 N–H and O–H groups in total. The zero-order valence-corrected chi connectivity index (χ0v) is 12.6. The first-order chi connectivity index (χ1) is 10.2. The van der Waals surface area contributed by atoms with Gasteiger partial charge in [-0.1, -0.05) is 30.3 Å². The first-order valence-electron chi connectivity index (χ1n) is 6.71. The van der Waals surface area contributed by atoms with E-state index in [0.717, 1.165) is 16.1 Å². The van der Waals surface area contributed by atoms with Gasteiger partial charge in [0.2, 0.25) is 0 Å². The first-order valence-corrected chi connectivity index (χ1v) is 7.53. The summed E-state index contributed by atoms with van der Waals surface area (Å²) < 4.78 is 5.78. The summed E-state index contributed by atoms with van der Waals surface area (Å²) in [5.74, 6) is 0.705. The van der Waals surface area contributed by atoms with Gasteiger partial charge in [-0.25, -0.2) is 4.98 Å². The van der Waals surface area contributed by atoms with Gasteiger partial charge in [0.15, 0.2) is 0 Å². The highest BCUT2D eigenvalue weighted by atomic mass is 32.1. The van der Waals surface area contributed by atoms with Gasteiger partial charge in [-0.2, -0.15) is 0 Å². The van der Waals surface area contributed by atoms with E-state index in [-0.39, 0.29) is 0 Å². The van der Waals surface area contributed by atoms with Gasteiger partial charge >= 0.3 is 0 Å². The van der Waals surface area contributed by atoms with Crippen LogP contribution in [-0.4, -0.2) is 4.98 Å². The number of hydrogen-bond donors (Lipinski definition) is 1. The molecule has 3 rings (SSSR count). The molecule has 0 saturated carbocycles. The second kappa shape index (κ2) is 5.97. The van der Waals surface area contributed by atoms with E-state index in [1.54, 1.807) is 11.3 Å². The minimum Gasteiger partial charge on any atom is -0.487 e. The Hall–Kier alpha value is -2.33. The van der Waals surface area contributed by atoms with Crippen LogP contribution in [0.2, 0.25) is 0 Å². The molecule has 0 aliphatic rings. The van der Waals surface area contributed by atoms with Crippen LogP contribution in [0.3, 0.4) is 0 Å². The first kappa shape index (κ1) is 13.6. The summed E-state index contributed by atoms with van der Waals surface area (Å²) in [5.41, 5.74) is 8.86. The third-order valence-corrected chi connectivity index (χ3v) is 4.08. The molecule has 0 radical (unpaired) electrons. The molecule has 0 bridgehead atoms. The van der Waals surface area contributed by atoms with Crippen molar-refractivity contribution in [3.8, 4) is 16.3 Å². The van der Waals surface area contributed by atoms with E-state index in [9.17, 15) is 0 Å². The Morgan fingerprint density at radius 3 is 2.62 bits per heavy atom. The fourth-order valence-corrected chi connectivity index (χ4v) is 2.80. The molecule has 106 valence electrons. The number of hydrogen-bond acceptors (Lipinski definition) is 4. The second-order valence-corrected chi connectivity index (χ2v) is 6.04. The lowest BCUT2D eigenvalue weighted by molar-refractivity contribution is 0.308. The van der Waals surface area contributed by atoms with Crippen LogP contribution in [0.25, 0.3) is 10.6 Å². The topological polar surface area (TPSA) is 48.1 Å². The maximum atomic E-state index is 6.08. The minimum absolute atomic E-state index is 0.515. The number of rotatable bonds is 4. The molecule has 0 saturated heterocycles. The summed E-state index contributed by atoms with van der Waals surface area (Å²) in [7, 11) is 0.